The van der Waals surface area contributed by atoms with Crippen LogP contribution in [0, 0.1) is 0 Å². The highest BCUT2D eigenvalue weighted by atomic mass is 32.2. The monoisotopic (exact) mass is 491 g/mol. The van der Waals surface area contributed by atoms with E-state index in [0.29, 0.717) is 17.8 Å². The van der Waals surface area contributed by atoms with E-state index in [1.807, 2.05) is 24.0 Å². The summed E-state index contributed by atoms with van der Waals surface area (Å²) in [4.78, 5) is 17.9. The molecule has 1 amide bonds. The van der Waals surface area contributed by atoms with Crippen molar-refractivity contribution in [2.24, 2.45) is 0 Å². The average molecular weight is 492 g/mol. The van der Waals surface area contributed by atoms with Gasteiger partial charge in [0.1, 0.15) is 0 Å². The number of amides is 1. The fourth-order valence-electron chi connectivity index (χ4n) is 4.77. The van der Waals surface area contributed by atoms with E-state index in [0.717, 1.165) is 19.5 Å². The lowest BCUT2D eigenvalue weighted by atomic mass is 10.1. The molecule has 184 valence electrons. The number of carbonyl (C=O) groups excluding carboxylic acids is 1. The second kappa shape index (κ2) is 10.6. The van der Waals surface area contributed by atoms with Crippen LogP contribution in [0.2, 0.25) is 0 Å². The van der Waals surface area contributed by atoms with E-state index in [1.54, 1.807) is 42.5 Å². The Bertz CT molecular complexity index is 1250. The smallest absolute Gasteiger partial charge is 0.264 e. The number of rotatable bonds is 8. The van der Waals surface area contributed by atoms with E-state index in [4.69, 9.17) is 0 Å². The molecule has 1 aliphatic rings. The molecule has 4 rings (SSSR count). The first kappa shape index (κ1) is 24.9. The largest absolute Gasteiger partial charge is 0.335 e. The molecular formula is C28H33N3O3S. The van der Waals surface area contributed by atoms with Crippen LogP contribution in [-0.4, -0.2) is 56.8 Å². The van der Waals surface area contributed by atoms with Crippen molar-refractivity contribution in [3.05, 3.63) is 96.1 Å². The second-order valence-corrected chi connectivity index (χ2v) is 10.9. The summed E-state index contributed by atoms with van der Waals surface area (Å²) in [7, 11) is -2.27. The molecule has 0 radical (unpaired) electrons. The van der Waals surface area contributed by atoms with Crippen LogP contribution >= 0.6 is 0 Å². The molecule has 2 atom stereocenters. The molecule has 1 aliphatic heterocycles. The van der Waals surface area contributed by atoms with Crippen LogP contribution in [0.25, 0.3) is 0 Å². The Hall–Kier alpha value is -3.16. The van der Waals surface area contributed by atoms with Crippen LogP contribution in [0.1, 0.15) is 42.2 Å². The summed E-state index contributed by atoms with van der Waals surface area (Å²) >= 11 is 0. The van der Waals surface area contributed by atoms with Crippen molar-refractivity contribution in [1.29, 1.82) is 0 Å². The zero-order valence-electron chi connectivity index (χ0n) is 20.5. The topological polar surface area (TPSA) is 60.9 Å². The number of carbonyl (C=O) groups is 1. The Morgan fingerprint density at radius 1 is 1.00 bits per heavy atom. The van der Waals surface area contributed by atoms with Gasteiger partial charge in [0.15, 0.2) is 0 Å². The molecule has 1 saturated heterocycles. The van der Waals surface area contributed by atoms with Gasteiger partial charge in [0, 0.05) is 44.3 Å². The molecule has 7 heteroatoms. The van der Waals surface area contributed by atoms with Crippen LogP contribution in [0.3, 0.4) is 0 Å². The third-order valence-corrected chi connectivity index (χ3v) is 8.71. The third kappa shape index (κ3) is 5.26. The van der Waals surface area contributed by atoms with Crippen LogP contribution in [0.4, 0.5) is 5.69 Å². The number of nitrogens with zero attached hydrogens (tertiary/aromatic N) is 3. The minimum Gasteiger partial charge on any atom is -0.335 e. The summed E-state index contributed by atoms with van der Waals surface area (Å²) < 4.78 is 27.7. The highest BCUT2D eigenvalue weighted by Gasteiger charge is 2.33. The van der Waals surface area contributed by atoms with Gasteiger partial charge in [0.25, 0.3) is 15.9 Å². The Kier molecular flexibility index (Phi) is 7.57. The highest BCUT2D eigenvalue weighted by molar-refractivity contribution is 7.92. The molecule has 3 aromatic carbocycles. The first-order chi connectivity index (χ1) is 16.8. The fourth-order valence-corrected chi connectivity index (χ4v) is 6.02. The first-order valence-corrected chi connectivity index (χ1v) is 13.5. The van der Waals surface area contributed by atoms with Gasteiger partial charge in [-0.15, -0.1) is 0 Å². The number of para-hydroxylation sites is 1. The number of sulfonamides is 1. The van der Waals surface area contributed by atoms with Gasteiger partial charge < -0.3 is 4.90 Å². The van der Waals surface area contributed by atoms with Gasteiger partial charge in [-0.05, 0) is 56.2 Å². The van der Waals surface area contributed by atoms with Gasteiger partial charge in [-0.1, -0.05) is 54.6 Å². The maximum atomic E-state index is 13.5. The van der Waals surface area contributed by atoms with Crippen molar-refractivity contribution in [1.82, 2.24) is 9.80 Å². The standard InChI is InChI=1S/C28H33N3O3S/c1-4-31(26-18-19-30(21-26)22(2)23-12-7-5-8-13-23)28(32)24-14-11-17-27(20-24)35(33,34)29(3)25-15-9-6-10-16-25/h5-17,20,22,26H,4,18-19,21H2,1-3H3/t22-,26-/m0/s1. The molecule has 35 heavy (non-hydrogen) atoms. The van der Waals surface area contributed by atoms with Crippen molar-refractivity contribution < 1.29 is 13.2 Å². The predicted octanol–water partition coefficient (Wildman–Crippen LogP) is 4.81. The van der Waals surface area contributed by atoms with Gasteiger partial charge in [-0.3, -0.25) is 14.0 Å². The number of likely N-dealkylation sites (N-methyl/N-ethyl adjacent to an activating group) is 1. The Morgan fingerprint density at radius 3 is 2.31 bits per heavy atom. The fraction of sp³-hybridized carbons (Fsp3) is 0.321. The van der Waals surface area contributed by atoms with Crippen molar-refractivity contribution >= 4 is 21.6 Å². The van der Waals surface area contributed by atoms with Gasteiger partial charge in [-0.25, -0.2) is 8.42 Å². The molecule has 0 bridgehead atoms. The molecule has 3 aromatic rings. The van der Waals surface area contributed by atoms with E-state index >= 15 is 0 Å². The van der Waals surface area contributed by atoms with Gasteiger partial charge in [0.05, 0.1) is 10.6 Å². The molecule has 0 saturated carbocycles. The molecule has 0 spiro atoms. The third-order valence-electron chi connectivity index (χ3n) is 6.93. The normalized spacial score (nSPS) is 17.2. The Labute approximate surface area is 208 Å². The molecule has 6 nitrogen and oxygen atoms in total. The second-order valence-electron chi connectivity index (χ2n) is 8.95. The summed E-state index contributed by atoms with van der Waals surface area (Å²) in [5.74, 6) is -0.133. The minimum absolute atomic E-state index is 0.0888. The quantitative estimate of drug-likeness (QED) is 0.454. The van der Waals surface area contributed by atoms with Gasteiger partial charge in [-0.2, -0.15) is 0 Å². The van der Waals surface area contributed by atoms with Crippen molar-refractivity contribution in [3.63, 3.8) is 0 Å². The summed E-state index contributed by atoms with van der Waals surface area (Å²) in [6.45, 7) is 6.46. The zero-order chi connectivity index (χ0) is 25.0. The maximum Gasteiger partial charge on any atom is 0.264 e. The van der Waals surface area contributed by atoms with Crippen LogP contribution in [0.5, 0.6) is 0 Å². The van der Waals surface area contributed by atoms with E-state index < -0.39 is 10.0 Å². The van der Waals surface area contributed by atoms with E-state index in [-0.39, 0.29) is 22.9 Å². The van der Waals surface area contributed by atoms with Crippen molar-refractivity contribution in [2.45, 2.75) is 37.2 Å². The lowest BCUT2D eigenvalue weighted by Crippen LogP contribution is -2.42. The first-order valence-electron chi connectivity index (χ1n) is 12.1. The molecule has 0 aromatic heterocycles. The van der Waals surface area contributed by atoms with E-state index in [2.05, 4.69) is 36.1 Å². The number of likely N-dealkylation sites (tertiary alicyclic amines) is 1. The SMILES string of the molecule is CCN(C(=O)c1cccc(S(=O)(=O)N(C)c2ccccc2)c1)[C@H]1CCN([C@@H](C)c2ccccc2)C1. The number of hydrogen-bond donors (Lipinski definition) is 0. The molecule has 1 fully saturated rings. The Morgan fingerprint density at radius 2 is 1.66 bits per heavy atom. The molecule has 0 aliphatic carbocycles. The molecule has 1 heterocycles. The van der Waals surface area contributed by atoms with Crippen molar-refractivity contribution in [3.8, 4) is 0 Å². The van der Waals surface area contributed by atoms with Crippen molar-refractivity contribution in [2.75, 3.05) is 31.0 Å². The van der Waals surface area contributed by atoms with Crippen LogP contribution < -0.4 is 4.31 Å². The molecular weight excluding hydrogens is 458 g/mol. The summed E-state index contributed by atoms with van der Waals surface area (Å²) in [5, 5.41) is 0. The van der Waals surface area contributed by atoms with Crippen LogP contribution in [0.15, 0.2) is 89.8 Å². The van der Waals surface area contributed by atoms with E-state index in [9.17, 15) is 13.2 Å². The average Bonchev–Trinajstić information content (AvgIpc) is 3.39. The lowest BCUT2D eigenvalue weighted by Gasteiger charge is -2.30. The van der Waals surface area contributed by atoms with E-state index in [1.165, 1.54) is 23.0 Å². The zero-order valence-corrected chi connectivity index (χ0v) is 21.4. The number of hydrogen-bond acceptors (Lipinski definition) is 4. The minimum atomic E-state index is -3.80. The summed E-state index contributed by atoms with van der Waals surface area (Å²) in [5.41, 5.74) is 2.23. The summed E-state index contributed by atoms with van der Waals surface area (Å²) in [6.07, 6.45) is 0.894. The lowest BCUT2D eigenvalue weighted by molar-refractivity contribution is 0.0689. The molecule has 0 N–H and O–H groups in total. The van der Waals surface area contributed by atoms with Gasteiger partial charge in [0.2, 0.25) is 0 Å². The number of benzene rings is 3. The van der Waals surface area contributed by atoms with Gasteiger partial charge >= 0.3 is 0 Å². The molecule has 0 unspecified atom stereocenters. The Balaban J connectivity index is 1.51. The summed E-state index contributed by atoms with van der Waals surface area (Å²) in [6, 6.07) is 26.1. The predicted molar refractivity (Wildman–Crippen MR) is 140 cm³/mol. The number of anilines is 1. The highest BCUT2D eigenvalue weighted by Crippen LogP contribution is 2.28. The van der Waals surface area contributed by atoms with Crippen LogP contribution in [-0.2, 0) is 10.0 Å². The maximum absolute atomic E-state index is 13.5.